The van der Waals surface area contributed by atoms with E-state index in [2.05, 4.69) is 15.4 Å². The summed E-state index contributed by atoms with van der Waals surface area (Å²) in [5, 5.41) is 14.1. The van der Waals surface area contributed by atoms with Crippen molar-refractivity contribution in [1.82, 2.24) is 29.5 Å². The molecule has 0 radical (unpaired) electrons. The number of aryl methyl sites for hydroxylation is 2. The molecular weight excluding hydrogens is 416 g/mol. The zero-order valence-corrected chi connectivity index (χ0v) is 18.4. The van der Waals surface area contributed by atoms with E-state index in [0.29, 0.717) is 31.8 Å². The van der Waals surface area contributed by atoms with Gasteiger partial charge in [0.05, 0.1) is 31.3 Å². The molecule has 3 heterocycles. The average molecular weight is 447 g/mol. The number of fused-ring (bicyclic) bond motifs is 1. The van der Waals surface area contributed by atoms with Crippen molar-refractivity contribution in [1.29, 1.82) is 0 Å². The summed E-state index contributed by atoms with van der Waals surface area (Å²) in [6.45, 7) is 1.40. The van der Waals surface area contributed by atoms with Gasteiger partial charge in [-0.25, -0.2) is 4.98 Å². The number of rotatable bonds is 5. The number of ether oxygens (including phenoxy) is 1. The van der Waals surface area contributed by atoms with E-state index >= 15 is 0 Å². The summed E-state index contributed by atoms with van der Waals surface area (Å²) in [5.41, 5.74) is 1.54. The van der Waals surface area contributed by atoms with Gasteiger partial charge in [-0.2, -0.15) is 5.10 Å². The first-order valence-electron chi connectivity index (χ1n) is 10.7. The van der Waals surface area contributed by atoms with Crippen molar-refractivity contribution in [3.63, 3.8) is 0 Å². The molecule has 174 valence electrons. The van der Waals surface area contributed by atoms with Crippen LogP contribution in [0, 0.1) is 5.92 Å². The molecule has 1 saturated heterocycles. The van der Waals surface area contributed by atoms with Gasteiger partial charge in [0.25, 0.3) is 12.4 Å². The van der Waals surface area contributed by atoms with Gasteiger partial charge >= 0.3 is 0 Å². The van der Waals surface area contributed by atoms with Crippen molar-refractivity contribution in [3.05, 3.63) is 36.2 Å². The maximum atomic E-state index is 13.0. The van der Waals surface area contributed by atoms with Gasteiger partial charge in [0.15, 0.2) is 0 Å². The standard InChI is InChI=1S/C20H28N6O3.CH2O2/c1-24-12-16(22-13-24)20(28)26-7-8-29-18-4-3-15(9-17(18)26)19(27)21-6-5-14-10-23-25(2)11-14;2-1-3/h10-13,15,17-18H,3-9H2,1-2H3,(H,21,27);1H,(H,2,3)/t15-,17+,18+;/m0./s1. The molecular formula is C21H30N6O5. The number of amides is 2. The van der Waals surface area contributed by atoms with Crippen molar-refractivity contribution in [2.75, 3.05) is 19.7 Å². The molecule has 1 aliphatic heterocycles. The highest BCUT2D eigenvalue weighted by molar-refractivity contribution is 5.92. The third kappa shape index (κ3) is 5.72. The second-order valence-corrected chi connectivity index (χ2v) is 8.08. The topological polar surface area (TPSA) is 132 Å². The van der Waals surface area contributed by atoms with Crippen molar-refractivity contribution in [3.8, 4) is 0 Å². The average Bonchev–Trinajstić information content (AvgIpc) is 3.41. The second-order valence-electron chi connectivity index (χ2n) is 8.08. The van der Waals surface area contributed by atoms with Gasteiger partial charge in [-0.3, -0.25) is 19.1 Å². The number of aromatic nitrogens is 4. The molecule has 4 rings (SSSR count). The highest BCUT2D eigenvalue weighted by Gasteiger charge is 2.42. The van der Waals surface area contributed by atoms with Gasteiger partial charge in [-0.05, 0) is 31.2 Å². The zero-order chi connectivity index (χ0) is 23.1. The van der Waals surface area contributed by atoms with E-state index in [1.807, 2.05) is 31.4 Å². The number of nitrogens with one attached hydrogen (secondary N) is 1. The molecule has 0 unspecified atom stereocenters. The summed E-state index contributed by atoms with van der Waals surface area (Å²) in [6, 6.07) is -0.0823. The van der Waals surface area contributed by atoms with Crippen LogP contribution in [0.3, 0.4) is 0 Å². The third-order valence-electron chi connectivity index (χ3n) is 5.85. The van der Waals surface area contributed by atoms with Crippen LogP contribution in [0.2, 0.25) is 0 Å². The van der Waals surface area contributed by atoms with E-state index in [9.17, 15) is 9.59 Å². The maximum Gasteiger partial charge on any atom is 0.290 e. The molecule has 32 heavy (non-hydrogen) atoms. The molecule has 2 aliphatic rings. The lowest BCUT2D eigenvalue weighted by molar-refractivity contribution is -0.131. The number of morpholine rings is 1. The molecule has 2 fully saturated rings. The number of carbonyl (C=O) groups excluding carboxylic acids is 2. The Morgan fingerprint density at radius 2 is 2.09 bits per heavy atom. The Labute approximate surface area is 186 Å². The lowest BCUT2D eigenvalue weighted by Crippen LogP contribution is -2.57. The van der Waals surface area contributed by atoms with Crippen molar-refractivity contribution >= 4 is 18.3 Å². The first-order chi connectivity index (χ1) is 15.4. The smallest absolute Gasteiger partial charge is 0.290 e. The normalized spacial score (nSPS) is 22.3. The number of hydrogen-bond donors (Lipinski definition) is 2. The minimum absolute atomic E-state index is 0.00384. The fourth-order valence-corrected chi connectivity index (χ4v) is 4.35. The van der Waals surface area contributed by atoms with E-state index < -0.39 is 0 Å². The molecule has 0 aromatic carbocycles. The second kappa shape index (κ2) is 10.9. The summed E-state index contributed by atoms with van der Waals surface area (Å²) < 4.78 is 9.44. The summed E-state index contributed by atoms with van der Waals surface area (Å²) in [7, 11) is 3.73. The SMILES string of the molecule is Cn1cnc(C(=O)N2CCO[C@@H]3CC[C@H](C(=O)NCCc4cnn(C)c4)C[C@H]32)c1.O=CO. The molecule has 2 aromatic heterocycles. The Morgan fingerprint density at radius 1 is 1.31 bits per heavy atom. The minimum atomic E-state index is -0.250. The minimum Gasteiger partial charge on any atom is -0.483 e. The molecule has 0 spiro atoms. The molecule has 11 nitrogen and oxygen atoms in total. The van der Waals surface area contributed by atoms with Gasteiger partial charge in [0.1, 0.15) is 5.69 Å². The van der Waals surface area contributed by atoms with E-state index in [0.717, 1.165) is 24.8 Å². The van der Waals surface area contributed by atoms with E-state index in [-0.39, 0.29) is 36.4 Å². The summed E-state index contributed by atoms with van der Waals surface area (Å²) in [5.74, 6) is -0.129. The highest BCUT2D eigenvalue weighted by atomic mass is 16.5. The van der Waals surface area contributed by atoms with Crippen LogP contribution in [0.15, 0.2) is 24.9 Å². The molecule has 2 amide bonds. The lowest BCUT2D eigenvalue weighted by Gasteiger charge is -2.45. The van der Waals surface area contributed by atoms with Gasteiger partial charge < -0.3 is 24.6 Å². The monoisotopic (exact) mass is 446 g/mol. The van der Waals surface area contributed by atoms with Crippen LogP contribution in [0.4, 0.5) is 0 Å². The molecule has 2 aromatic rings. The van der Waals surface area contributed by atoms with E-state index in [1.54, 1.807) is 21.8 Å². The fourth-order valence-electron chi connectivity index (χ4n) is 4.35. The van der Waals surface area contributed by atoms with Gasteiger partial charge in [0, 0.05) is 45.5 Å². The highest BCUT2D eigenvalue weighted by Crippen LogP contribution is 2.33. The lowest BCUT2D eigenvalue weighted by atomic mass is 9.81. The van der Waals surface area contributed by atoms with Crippen LogP contribution in [0.1, 0.15) is 35.3 Å². The predicted octanol–water partition coefficient (Wildman–Crippen LogP) is 0.223. The number of carbonyl (C=O) groups is 3. The number of carboxylic acid groups (broad SMARTS) is 1. The third-order valence-corrected chi connectivity index (χ3v) is 5.85. The van der Waals surface area contributed by atoms with Gasteiger partial charge in [-0.15, -0.1) is 0 Å². The molecule has 1 aliphatic carbocycles. The molecule has 11 heteroatoms. The van der Waals surface area contributed by atoms with Gasteiger partial charge in [0.2, 0.25) is 5.91 Å². The Hall–Kier alpha value is -3.21. The van der Waals surface area contributed by atoms with Crippen LogP contribution in [-0.2, 0) is 34.8 Å². The molecule has 0 bridgehead atoms. The van der Waals surface area contributed by atoms with Crippen LogP contribution in [-0.4, -0.2) is 79.5 Å². The van der Waals surface area contributed by atoms with E-state index in [1.165, 1.54) is 0 Å². The zero-order valence-electron chi connectivity index (χ0n) is 18.4. The first kappa shape index (κ1) is 23.5. The summed E-state index contributed by atoms with van der Waals surface area (Å²) in [4.78, 5) is 40.1. The quantitative estimate of drug-likeness (QED) is 0.628. The predicted molar refractivity (Wildman–Crippen MR) is 114 cm³/mol. The Kier molecular flexibility index (Phi) is 7.98. The maximum absolute atomic E-state index is 13.0. The van der Waals surface area contributed by atoms with Gasteiger partial charge in [-0.1, -0.05) is 0 Å². The first-order valence-corrected chi connectivity index (χ1v) is 10.7. The fraction of sp³-hybridized carbons (Fsp3) is 0.571. The van der Waals surface area contributed by atoms with Crippen LogP contribution in [0.5, 0.6) is 0 Å². The number of imidazole rings is 1. The van der Waals surface area contributed by atoms with Crippen molar-refractivity contribution in [2.24, 2.45) is 20.0 Å². The summed E-state index contributed by atoms with van der Waals surface area (Å²) >= 11 is 0. The van der Waals surface area contributed by atoms with Crippen LogP contribution in [0.25, 0.3) is 0 Å². The Balaban J connectivity index is 0.000000913. The van der Waals surface area contributed by atoms with Crippen molar-refractivity contribution in [2.45, 2.75) is 37.8 Å². The summed E-state index contributed by atoms with van der Waals surface area (Å²) in [6.07, 6.45) is 10.1. The Morgan fingerprint density at radius 3 is 2.75 bits per heavy atom. The Bertz CT molecular complexity index is 925. The molecule has 3 atom stereocenters. The van der Waals surface area contributed by atoms with Crippen molar-refractivity contribution < 1.29 is 24.2 Å². The number of hydrogen-bond acceptors (Lipinski definition) is 6. The van der Waals surface area contributed by atoms with Crippen LogP contribution >= 0.6 is 0 Å². The van der Waals surface area contributed by atoms with E-state index in [4.69, 9.17) is 14.6 Å². The number of nitrogens with zero attached hydrogens (tertiary/aromatic N) is 5. The molecule has 2 N–H and O–H groups in total. The van der Waals surface area contributed by atoms with Crippen LogP contribution < -0.4 is 5.32 Å². The molecule has 1 saturated carbocycles. The largest absolute Gasteiger partial charge is 0.483 e.